The van der Waals surface area contributed by atoms with Gasteiger partial charge in [-0.3, -0.25) is 14.4 Å². The van der Waals surface area contributed by atoms with Crippen LogP contribution < -0.4 is 21.3 Å². The monoisotopic (exact) mass is 584 g/mol. The second kappa shape index (κ2) is 16.6. The molecular weight excluding hydrogens is 544 g/mol. The van der Waals surface area contributed by atoms with E-state index < -0.39 is 53.7 Å². The van der Waals surface area contributed by atoms with Gasteiger partial charge < -0.3 is 35.8 Å². The third-order valence-corrected chi connectivity index (χ3v) is 5.80. The van der Waals surface area contributed by atoms with E-state index in [1.807, 2.05) is 30.3 Å². The molecule has 228 valence electrons. The van der Waals surface area contributed by atoms with E-state index in [1.165, 1.54) is 6.92 Å². The van der Waals surface area contributed by atoms with E-state index in [0.29, 0.717) is 0 Å². The van der Waals surface area contributed by atoms with Crippen molar-refractivity contribution in [2.24, 2.45) is 0 Å². The first-order valence-electron chi connectivity index (χ1n) is 13.7. The molecule has 0 fully saturated rings. The van der Waals surface area contributed by atoms with Crippen LogP contribution in [-0.4, -0.2) is 65.3 Å². The van der Waals surface area contributed by atoms with Gasteiger partial charge in [-0.15, -0.1) is 0 Å². The summed E-state index contributed by atoms with van der Waals surface area (Å²) in [5.74, 6) is -2.60. The summed E-state index contributed by atoms with van der Waals surface area (Å²) in [6.45, 7) is 6.59. The topological polar surface area (TPSA) is 172 Å². The number of hydrogen-bond acceptors (Lipinski definition) is 7. The summed E-state index contributed by atoms with van der Waals surface area (Å²) in [6.07, 6.45) is -1.01. The zero-order valence-corrected chi connectivity index (χ0v) is 24.3. The molecule has 2 aromatic rings. The van der Waals surface area contributed by atoms with E-state index >= 15 is 0 Å². The molecule has 0 aromatic heterocycles. The van der Waals surface area contributed by atoms with Crippen molar-refractivity contribution in [1.82, 2.24) is 21.3 Å². The minimum atomic E-state index is -1.23. The molecule has 5 N–H and O–H groups in total. The van der Waals surface area contributed by atoms with Crippen molar-refractivity contribution in [2.45, 2.75) is 77.3 Å². The van der Waals surface area contributed by atoms with Crippen molar-refractivity contribution in [3.05, 3.63) is 71.8 Å². The van der Waals surface area contributed by atoms with Crippen LogP contribution >= 0.6 is 0 Å². The normalized spacial score (nSPS) is 13.0. The number of hydrogen-bond donors (Lipinski definition) is 5. The number of carboxylic acids is 1. The van der Waals surface area contributed by atoms with Crippen molar-refractivity contribution in [3.63, 3.8) is 0 Å². The molecule has 12 nitrogen and oxygen atoms in total. The predicted octanol–water partition coefficient (Wildman–Crippen LogP) is 2.90. The highest BCUT2D eigenvalue weighted by molar-refractivity contribution is 5.93. The van der Waals surface area contributed by atoms with Gasteiger partial charge >= 0.3 is 18.2 Å². The molecule has 3 atom stereocenters. The second-order valence-corrected chi connectivity index (χ2v) is 10.6. The molecule has 2 rings (SSSR count). The summed E-state index contributed by atoms with van der Waals surface area (Å²) >= 11 is 0. The Labute approximate surface area is 245 Å². The van der Waals surface area contributed by atoms with Crippen LogP contribution in [0.2, 0.25) is 0 Å². The lowest BCUT2D eigenvalue weighted by Crippen LogP contribution is -2.56. The summed E-state index contributed by atoms with van der Waals surface area (Å²) in [5.41, 5.74) is 0.742. The fourth-order valence-electron chi connectivity index (χ4n) is 3.70. The van der Waals surface area contributed by atoms with Crippen molar-refractivity contribution < 1.29 is 38.6 Å². The van der Waals surface area contributed by atoms with Crippen LogP contribution in [0.3, 0.4) is 0 Å². The molecule has 42 heavy (non-hydrogen) atoms. The highest BCUT2D eigenvalue weighted by Crippen LogP contribution is 2.09. The van der Waals surface area contributed by atoms with Crippen molar-refractivity contribution in [2.75, 3.05) is 6.54 Å². The average Bonchev–Trinajstić information content (AvgIpc) is 2.93. The van der Waals surface area contributed by atoms with Crippen LogP contribution in [0.1, 0.15) is 51.7 Å². The Morgan fingerprint density at radius 2 is 1.36 bits per heavy atom. The number of carbonyl (C=O) groups is 5. The molecule has 2 aromatic carbocycles. The molecular formula is C30H40N4O8. The Bertz CT molecular complexity index is 1180. The van der Waals surface area contributed by atoms with Gasteiger partial charge in [-0.05, 0) is 51.7 Å². The molecule has 0 saturated heterocycles. The van der Waals surface area contributed by atoms with E-state index in [-0.39, 0.29) is 32.4 Å². The number of nitrogens with one attached hydrogen (secondary N) is 4. The number of rotatable bonds is 14. The molecule has 0 aliphatic rings. The lowest BCUT2D eigenvalue weighted by atomic mass is 10.0. The van der Waals surface area contributed by atoms with E-state index in [2.05, 4.69) is 21.3 Å². The van der Waals surface area contributed by atoms with E-state index in [0.717, 1.165) is 11.1 Å². The fraction of sp³-hybridized carbons (Fsp3) is 0.433. The number of alkyl carbamates (subject to hydrolysis) is 2. The maximum absolute atomic E-state index is 13.4. The van der Waals surface area contributed by atoms with Gasteiger partial charge in [0.25, 0.3) is 0 Å². The highest BCUT2D eigenvalue weighted by Gasteiger charge is 2.29. The number of benzene rings is 2. The average molecular weight is 585 g/mol. The van der Waals surface area contributed by atoms with Crippen LogP contribution in [-0.2, 0) is 36.9 Å². The van der Waals surface area contributed by atoms with Gasteiger partial charge in [-0.2, -0.15) is 0 Å². The van der Waals surface area contributed by atoms with Crippen LogP contribution in [0.25, 0.3) is 0 Å². The predicted molar refractivity (Wildman–Crippen MR) is 154 cm³/mol. The number of carbonyl (C=O) groups excluding carboxylic acids is 4. The molecule has 0 heterocycles. The Kier molecular flexibility index (Phi) is 13.3. The molecule has 0 unspecified atom stereocenters. The van der Waals surface area contributed by atoms with Gasteiger partial charge in [0.05, 0.1) is 0 Å². The summed E-state index contributed by atoms with van der Waals surface area (Å²) in [6, 6.07) is 14.6. The maximum Gasteiger partial charge on any atom is 0.408 e. The summed E-state index contributed by atoms with van der Waals surface area (Å²) in [5, 5.41) is 19.4. The van der Waals surface area contributed by atoms with Crippen LogP contribution in [0.15, 0.2) is 60.7 Å². The third-order valence-electron chi connectivity index (χ3n) is 5.80. The number of ether oxygens (including phenoxy) is 2. The zero-order valence-electron chi connectivity index (χ0n) is 24.3. The Morgan fingerprint density at radius 1 is 0.786 bits per heavy atom. The molecule has 0 bridgehead atoms. The largest absolute Gasteiger partial charge is 0.480 e. The van der Waals surface area contributed by atoms with E-state index in [9.17, 15) is 29.1 Å². The molecule has 4 amide bonds. The lowest BCUT2D eigenvalue weighted by Gasteiger charge is -2.26. The quantitative estimate of drug-likeness (QED) is 0.211. The van der Waals surface area contributed by atoms with Crippen molar-refractivity contribution >= 4 is 30.0 Å². The van der Waals surface area contributed by atoms with Gasteiger partial charge in [0.1, 0.15) is 30.3 Å². The van der Waals surface area contributed by atoms with E-state index in [4.69, 9.17) is 9.47 Å². The molecule has 0 aliphatic heterocycles. The van der Waals surface area contributed by atoms with Crippen LogP contribution in [0.4, 0.5) is 9.59 Å². The summed E-state index contributed by atoms with van der Waals surface area (Å²) < 4.78 is 10.5. The fourth-order valence-corrected chi connectivity index (χ4v) is 3.70. The summed E-state index contributed by atoms with van der Waals surface area (Å²) in [4.78, 5) is 62.2. The number of carboxylic acid groups (broad SMARTS) is 1. The van der Waals surface area contributed by atoms with Crippen LogP contribution in [0.5, 0.6) is 0 Å². The lowest BCUT2D eigenvalue weighted by molar-refractivity contribution is -0.141. The smallest absolute Gasteiger partial charge is 0.408 e. The van der Waals surface area contributed by atoms with Gasteiger partial charge in [-0.25, -0.2) is 9.59 Å². The SMILES string of the molecule is C[C@@H](NC(=O)[C@H](Cc1ccccc1)NC(=O)[C@@H](CCCNC(=O)OCc1ccccc1)NC(=O)OC(C)(C)C)C(=O)O. The standard InChI is InChI=1S/C30H40N4O8/c1-20(27(37)38)32-26(36)24(18-21-12-7-5-8-13-21)33-25(35)23(34-29(40)42-30(2,3)4)16-11-17-31-28(39)41-19-22-14-9-6-10-15-22/h5-10,12-15,20,23-24H,11,16-19H2,1-4H3,(H,31,39)(H,32,36)(H,33,35)(H,34,40)(H,37,38)/t20-,23-,24+/m1/s1. The third kappa shape index (κ3) is 13.2. The molecule has 12 heteroatoms. The van der Waals surface area contributed by atoms with E-state index in [1.54, 1.807) is 51.1 Å². The van der Waals surface area contributed by atoms with Crippen molar-refractivity contribution in [1.29, 1.82) is 0 Å². The molecule has 0 radical (unpaired) electrons. The molecule has 0 saturated carbocycles. The summed E-state index contributed by atoms with van der Waals surface area (Å²) in [7, 11) is 0. The van der Waals surface area contributed by atoms with Gasteiger partial charge in [0.15, 0.2) is 0 Å². The van der Waals surface area contributed by atoms with Gasteiger partial charge in [0, 0.05) is 13.0 Å². The molecule has 0 spiro atoms. The minimum absolute atomic E-state index is 0.0821. The van der Waals surface area contributed by atoms with Gasteiger partial charge in [0.2, 0.25) is 11.8 Å². The Hall–Kier alpha value is -4.61. The Morgan fingerprint density at radius 3 is 1.93 bits per heavy atom. The van der Waals surface area contributed by atoms with Crippen molar-refractivity contribution in [3.8, 4) is 0 Å². The Balaban J connectivity index is 2.06. The highest BCUT2D eigenvalue weighted by atomic mass is 16.6. The first-order chi connectivity index (χ1) is 19.8. The number of aliphatic carboxylic acids is 1. The van der Waals surface area contributed by atoms with Crippen LogP contribution in [0, 0.1) is 0 Å². The first kappa shape index (κ1) is 33.6. The minimum Gasteiger partial charge on any atom is -0.480 e. The van der Waals surface area contributed by atoms with Gasteiger partial charge in [-0.1, -0.05) is 60.7 Å². The molecule has 0 aliphatic carbocycles. The zero-order chi connectivity index (χ0) is 31.1. The second-order valence-electron chi connectivity index (χ2n) is 10.6. The number of amides is 4. The maximum atomic E-state index is 13.4. The first-order valence-corrected chi connectivity index (χ1v) is 13.7.